The molecule has 14 heavy (non-hydrogen) atoms. The Morgan fingerprint density at radius 2 is 2.07 bits per heavy atom. The van der Waals surface area contributed by atoms with Crippen LogP contribution in [-0.4, -0.2) is 24.1 Å². The van der Waals surface area contributed by atoms with Crippen LogP contribution in [0.3, 0.4) is 0 Å². The van der Waals surface area contributed by atoms with Crippen LogP contribution in [0, 0.1) is 11.3 Å². The van der Waals surface area contributed by atoms with Crippen molar-refractivity contribution in [3.05, 3.63) is 11.8 Å². The Kier molecular flexibility index (Phi) is 2.24. The van der Waals surface area contributed by atoms with Crippen LogP contribution in [0.5, 0.6) is 0 Å². The van der Waals surface area contributed by atoms with E-state index in [-0.39, 0.29) is 0 Å². The number of alkyl halides is 3. The van der Waals surface area contributed by atoms with Crippen molar-refractivity contribution in [2.45, 2.75) is 10.5 Å². The summed E-state index contributed by atoms with van der Waals surface area (Å²) in [5, 5.41) is 11.7. The van der Waals surface area contributed by atoms with E-state index in [4.69, 9.17) is 5.26 Å². The zero-order valence-electron chi connectivity index (χ0n) is 6.33. The molecule has 0 unspecified atom stereocenters. The van der Waals surface area contributed by atoms with Crippen molar-refractivity contribution < 1.29 is 21.6 Å². The van der Waals surface area contributed by atoms with Crippen LogP contribution in [0.25, 0.3) is 0 Å². The molecule has 1 N–H and O–H groups in total. The summed E-state index contributed by atoms with van der Waals surface area (Å²) in [6, 6.07) is 1.28. The van der Waals surface area contributed by atoms with Crippen molar-refractivity contribution in [3.8, 4) is 6.07 Å². The van der Waals surface area contributed by atoms with Gasteiger partial charge in [-0.1, -0.05) is 0 Å². The lowest BCUT2D eigenvalue weighted by Crippen LogP contribution is -2.24. The van der Waals surface area contributed by atoms with Gasteiger partial charge in [-0.25, -0.2) is 8.42 Å². The average molecular weight is 225 g/mol. The summed E-state index contributed by atoms with van der Waals surface area (Å²) in [6.07, 6.45) is 0.707. The highest BCUT2D eigenvalue weighted by atomic mass is 32.2. The predicted molar refractivity (Wildman–Crippen MR) is 36.5 cm³/mol. The zero-order chi connectivity index (χ0) is 11.0. The Morgan fingerprint density at radius 3 is 2.50 bits per heavy atom. The second kappa shape index (κ2) is 2.98. The van der Waals surface area contributed by atoms with E-state index in [2.05, 4.69) is 5.10 Å². The van der Waals surface area contributed by atoms with Crippen LogP contribution < -0.4 is 0 Å². The summed E-state index contributed by atoms with van der Waals surface area (Å²) < 4.78 is 57.4. The van der Waals surface area contributed by atoms with Gasteiger partial charge in [0, 0.05) is 0 Å². The van der Waals surface area contributed by atoms with Gasteiger partial charge in [0.05, 0.1) is 6.20 Å². The fourth-order valence-electron chi connectivity index (χ4n) is 0.675. The van der Waals surface area contributed by atoms with Crippen molar-refractivity contribution >= 4 is 9.84 Å². The van der Waals surface area contributed by atoms with E-state index in [1.807, 2.05) is 0 Å². The summed E-state index contributed by atoms with van der Waals surface area (Å²) in [6.45, 7) is 0. The lowest BCUT2D eigenvalue weighted by molar-refractivity contribution is -0.0438. The molecule has 0 spiro atoms. The van der Waals surface area contributed by atoms with E-state index in [0.717, 1.165) is 0 Å². The first kappa shape index (κ1) is 10.5. The highest BCUT2D eigenvalue weighted by Gasteiger charge is 2.49. The minimum atomic E-state index is -5.52. The van der Waals surface area contributed by atoms with Crippen LogP contribution in [0.15, 0.2) is 11.2 Å². The molecule has 9 heteroatoms. The zero-order valence-corrected chi connectivity index (χ0v) is 7.15. The number of nitriles is 1. The number of rotatable bonds is 1. The number of H-pyrrole nitrogens is 1. The normalized spacial score (nSPS) is 12.4. The monoisotopic (exact) mass is 225 g/mol. The van der Waals surface area contributed by atoms with Crippen molar-refractivity contribution in [2.75, 3.05) is 0 Å². The van der Waals surface area contributed by atoms with E-state index >= 15 is 0 Å². The number of aromatic amines is 1. The van der Waals surface area contributed by atoms with Crippen molar-refractivity contribution in [1.29, 1.82) is 5.26 Å². The van der Waals surface area contributed by atoms with Crippen molar-refractivity contribution in [1.82, 2.24) is 10.2 Å². The van der Waals surface area contributed by atoms with Crippen LogP contribution >= 0.6 is 0 Å². The van der Waals surface area contributed by atoms with E-state index < -0.39 is 25.9 Å². The Hall–Kier alpha value is -1.56. The number of halogens is 3. The molecule has 76 valence electrons. The molecule has 0 radical (unpaired) electrons. The summed E-state index contributed by atoms with van der Waals surface area (Å²) in [4.78, 5) is 0. The Bertz CT molecular complexity index is 481. The molecule has 1 aromatic heterocycles. The smallest absolute Gasteiger partial charge is 0.266 e. The van der Waals surface area contributed by atoms with Gasteiger partial charge in [-0.2, -0.15) is 23.5 Å². The number of nitrogens with zero attached hydrogens (tertiary/aromatic N) is 2. The molecule has 0 aliphatic carbocycles. The average Bonchev–Trinajstić information content (AvgIpc) is 2.49. The van der Waals surface area contributed by atoms with Gasteiger partial charge in [-0.3, -0.25) is 5.10 Å². The summed E-state index contributed by atoms with van der Waals surface area (Å²) >= 11 is 0. The van der Waals surface area contributed by atoms with Crippen LogP contribution in [0.1, 0.15) is 5.56 Å². The van der Waals surface area contributed by atoms with Crippen molar-refractivity contribution in [3.63, 3.8) is 0 Å². The molecular formula is C5H2F3N3O2S. The second-order valence-corrected chi connectivity index (χ2v) is 4.05. The van der Waals surface area contributed by atoms with Gasteiger partial charge in [0.2, 0.25) is 0 Å². The standard InChI is InChI=1S/C5H2F3N3O2S/c6-5(7,8)14(12,13)4-3(1-9)2-10-11-4/h2H,(H,10,11). The Morgan fingerprint density at radius 1 is 1.50 bits per heavy atom. The highest BCUT2D eigenvalue weighted by molar-refractivity contribution is 7.92. The third-order valence-electron chi connectivity index (χ3n) is 1.30. The summed E-state index contributed by atoms with van der Waals surface area (Å²) in [5.74, 6) is 0. The van der Waals surface area contributed by atoms with E-state index in [1.54, 1.807) is 5.10 Å². The highest BCUT2D eigenvalue weighted by Crippen LogP contribution is 2.30. The molecule has 0 fully saturated rings. The van der Waals surface area contributed by atoms with Gasteiger partial charge in [0.1, 0.15) is 11.6 Å². The fourth-order valence-corrected chi connectivity index (χ4v) is 1.47. The largest absolute Gasteiger partial charge is 0.503 e. The molecular weight excluding hydrogens is 223 g/mol. The molecule has 0 aromatic carbocycles. The molecule has 0 bridgehead atoms. The first-order chi connectivity index (χ1) is 6.30. The Labute approximate surface area is 76.1 Å². The van der Waals surface area contributed by atoms with Gasteiger partial charge in [-0.15, -0.1) is 0 Å². The van der Waals surface area contributed by atoms with Crippen LogP contribution in [0.4, 0.5) is 13.2 Å². The molecule has 1 rings (SSSR count). The minimum absolute atomic E-state index is 0.665. The van der Waals surface area contributed by atoms with Gasteiger partial charge in [0.25, 0.3) is 9.84 Å². The minimum Gasteiger partial charge on any atom is -0.266 e. The first-order valence-corrected chi connectivity index (χ1v) is 4.54. The predicted octanol–water partition coefficient (Wildman–Crippen LogP) is 0.575. The maximum Gasteiger partial charge on any atom is 0.503 e. The maximum absolute atomic E-state index is 12.0. The number of sulfone groups is 1. The fraction of sp³-hybridized carbons (Fsp3) is 0.200. The molecule has 0 aliphatic heterocycles. The first-order valence-electron chi connectivity index (χ1n) is 3.05. The number of hydrogen-bond donors (Lipinski definition) is 1. The third-order valence-corrected chi connectivity index (χ3v) is 2.76. The number of hydrogen-bond acceptors (Lipinski definition) is 4. The SMILES string of the molecule is N#Cc1cn[nH]c1S(=O)(=O)C(F)(F)F. The summed E-state index contributed by atoms with van der Waals surface area (Å²) in [7, 11) is -5.52. The molecule has 0 aliphatic rings. The second-order valence-electron chi connectivity index (χ2n) is 2.17. The third kappa shape index (κ3) is 1.44. The van der Waals surface area contributed by atoms with Crippen LogP contribution in [0.2, 0.25) is 0 Å². The van der Waals surface area contributed by atoms with Crippen molar-refractivity contribution in [2.24, 2.45) is 0 Å². The molecule has 0 amide bonds. The van der Waals surface area contributed by atoms with E-state index in [9.17, 15) is 21.6 Å². The van der Waals surface area contributed by atoms with E-state index in [0.29, 0.717) is 6.20 Å². The topological polar surface area (TPSA) is 86.6 Å². The van der Waals surface area contributed by atoms with Gasteiger partial charge in [-0.05, 0) is 0 Å². The summed E-state index contributed by atoms with van der Waals surface area (Å²) in [5.41, 5.74) is -6.10. The lowest BCUT2D eigenvalue weighted by Gasteiger charge is -2.05. The van der Waals surface area contributed by atoms with Gasteiger partial charge in [0.15, 0.2) is 5.03 Å². The van der Waals surface area contributed by atoms with Crippen LogP contribution in [-0.2, 0) is 9.84 Å². The molecule has 0 atom stereocenters. The molecule has 1 heterocycles. The maximum atomic E-state index is 12.0. The molecule has 1 aromatic rings. The number of aromatic nitrogens is 2. The molecule has 0 saturated heterocycles. The quantitative estimate of drug-likeness (QED) is 0.757. The lowest BCUT2D eigenvalue weighted by atomic mass is 10.4. The van der Waals surface area contributed by atoms with E-state index in [1.165, 1.54) is 6.07 Å². The van der Waals surface area contributed by atoms with Gasteiger partial charge < -0.3 is 0 Å². The van der Waals surface area contributed by atoms with Gasteiger partial charge >= 0.3 is 5.51 Å². The molecule has 0 saturated carbocycles. The number of nitrogens with one attached hydrogen (secondary N) is 1. The molecule has 5 nitrogen and oxygen atoms in total. The Balaban J connectivity index is 3.41.